The van der Waals surface area contributed by atoms with E-state index in [9.17, 15) is 0 Å². The monoisotopic (exact) mass is 282 g/mol. The Kier molecular flexibility index (Phi) is 8.40. The molecule has 0 atom stereocenters. The summed E-state index contributed by atoms with van der Waals surface area (Å²) in [5.41, 5.74) is 1.53. The molecule has 0 saturated carbocycles. The van der Waals surface area contributed by atoms with E-state index in [1.54, 1.807) is 0 Å². The van der Waals surface area contributed by atoms with Crippen LogP contribution in [0.3, 0.4) is 0 Å². The highest BCUT2D eigenvalue weighted by Crippen LogP contribution is 2.13. The van der Waals surface area contributed by atoms with Crippen LogP contribution in [0.2, 0.25) is 0 Å². The Hall–Kier alpha value is -0.340. The summed E-state index contributed by atoms with van der Waals surface area (Å²) in [6.07, 6.45) is 12.6. The Bertz CT molecular complexity index is 298. The fourth-order valence-electron chi connectivity index (χ4n) is 2.41. The largest absolute Gasteiger partial charge is 0.331 e. The van der Waals surface area contributed by atoms with Gasteiger partial charge in [-0.3, -0.25) is 0 Å². The fourth-order valence-corrected chi connectivity index (χ4v) is 3.11. The summed E-state index contributed by atoms with van der Waals surface area (Å²) in [5.74, 6) is 0. The molecule has 0 aliphatic heterocycles. The zero-order valence-corrected chi connectivity index (χ0v) is 14.0. The zero-order chi connectivity index (χ0) is 14.0. The number of thiophene rings is 1. The molecule has 0 fully saturated rings. The normalized spacial score (nSPS) is 11.9. The lowest BCUT2D eigenvalue weighted by atomic mass is 10.1. The number of hydrogen-bond donors (Lipinski definition) is 0. The van der Waals surface area contributed by atoms with E-state index in [-0.39, 0.29) is 0 Å². The van der Waals surface area contributed by atoms with Crippen LogP contribution in [0, 0.1) is 0 Å². The van der Waals surface area contributed by atoms with Crippen LogP contribution in [0.5, 0.6) is 0 Å². The van der Waals surface area contributed by atoms with E-state index in [0.29, 0.717) is 0 Å². The summed E-state index contributed by atoms with van der Waals surface area (Å²) < 4.78 is 1.11. The minimum atomic E-state index is 1.11. The van der Waals surface area contributed by atoms with Gasteiger partial charge >= 0.3 is 0 Å². The van der Waals surface area contributed by atoms with Crippen LogP contribution in [-0.2, 0) is 6.42 Å². The average molecular weight is 283 g/mol. The van der Waals surface area contributed by atoms with Gasteiger partial charge in [-0.05, 0) is 48.1 Å². The molecular weight excluding hydrogens is 250 g/mol. The van der Waals surface area contributed by atoms with Crippen LogP contribution in [-0.4, -0.2) is 32.2 Å². The van der Waals surface area contributed by atoms with E-state index >= 15 is 0 Å². The minimum absolute atomic E-state index is 1.11. The molecule has 0 unspecified atom stereocenters. The quantitative estimate of drug-likeness (QED) is 0.390. The predicted molar refractivity (Wildman–Crippen MR) is 87.9 cm³/mol. The molecule has 0 aromatic carbocycles. The molecule has 0 N–H and O–H groups in total. The molecule has 0 spiro atoms. The van der Waals surface area contributed by atoms with E-state index in [0.717, 1.165) is 4.48 Å². The first-order valence-corrected chi connectivity index (χ1v) is 8.84. The Balaban J connectivity index is 1.79. The Labute approximate surface area is 124 Å². The summed E-state index contributed by atoms with van der Waals surface area (Å²) in [6.45, 7) is 1.32. The molecule has 2 heteroatoms. The minimum Gasteiger partial charge on any atom is -0.331 e. The Morgan fingerprint density at radius 2 is 1.42 bits per heavy atom. The van der Waals surface area contributed by atoms with Gasteiger partial charge in [-0.2, -0.15) is 11.3 Å². The third kappa shape index (κ3) is 10.1. The van der Waals surface area contributed by atoms with E-state index < -0.39 is 0 Å². The standard InChI is InChI=1S/C17H32NS/c1-18(2,3)14-11-9-7-5-4-6-8-10-12-17-13-15-19-16-17/h13,15-16H,4-12,14H2,1-3H3/q+1. The fraction of sp³-hybridized carbons (Fsp3) is 0.765. The smallest absolute Gasteiger partial charge is 0.0780 e. The van der Waals surface area contributed by atoms with Crippen molar-refractivity contribution in [1.82, 2.24) is 0 Å². The van der Waals surface area contributed by atoms with Gasteiger partial charge in [0.05, 0.1) is 27.7 Å². The lowest BCUT2D eigenvalue weighted by Crippen LogP contribution is -2.35. The van der Waals surface area contributed by atoms with Gasteiger partial charge in [0.1, 0.15) is 0 Å². The summed E-state index contributed by atoms with van der Waals surface area (Å²) in [6, 6.07) is 2.26. The van der Waals surface area contributed by atoms with Crippen molar-refractivity contribution in [2.24, 2.45) is 0 Å². The molecule has 1 nitrogen and oxygen atoms in total. The average Bonchev–Trinajstić information content (AvgIpc) is 2.83. The molecular formula is C17H32NS+. The number of unbranched alkanes of at least 4 members (excludes halogenated alkanes) is 7. The summed E-state index contributed by atoms with van der Waals surface area (Å²) in [5, 5.41) is 4.47. The van der Waals surface area contributed by atoms with Crippen LogP contribution in [0.4, 0.5) is 0 Å². The molecule has 0 bridgehead atoms. The second-order valence-corrected chi connectivity index (χ2v) is 7.50. The third-order valence-electron chi connectivity index (χ3n) is 3.62. The highest BCUT2D eigenvalue weighted by atomic mass is 32.1. The number of aryl methyl sites for hydroxylation is 1. The molecule has 19 heavy (non-hydrogen) atoms. The Morgan fingerprint density at radius 1 is 0.842 bits per heavy atom. The number of nitrogens with zero attached hydrogens (tertiary/aromatic N) is 1. The summed E-state index contributed by atoms with van der Waals surface area (Å²) >= 11 is 1.82. The third-order valence-corrected chi connectivity index (χ3v) is 4.36. The maximum absolute atomic E-state index is 2.29. The van der Waals surface area contributed by atoms with Crippen molar-refractivity contribution >= 4 is 11.3 Å². The van der Waals surface area contributed by atoms with E-state index in [1.165, 1.54) is 69.9 Å². The van der Waals surface area contributed by atoms with Crippen molar-refractivity contribution in [3.8, 4) is 0 Å². The van der Waals surface area contributed by atoms with E-state index in [2.05, 4.69) is 38.0 Å². The van der Waals surface area contributed by atoms with Gasteiger partial charge in [-0.15, -0.1) is 0 Å². The predicted octanol–water partition coefficient (Wildman–Crippen LogP) is 5.12. The molecule has 0 aliphatic rings. The molecule has 0 amide bonds. The Morgan fingerprint density at radius 3 is 1.95 bits per heavy atom. The van der Waals surface area contributed by atoms with E-state index in [4.69, 9.17) is 0 Å². The number of hydrogen-bond acceptors (Lipinski definition) is 1. The number of rotatable bonds is 11. The van der Waals surface area contributed by atoms with Gasteiger partial charge < -0.3 is 4.48 Å². The SMILES string of the molecule is C[N+](C)(C)CCCCCCCCCCc1ccsc1. The second-order valence-electron chi connectivity index (χ2n) is 6.72. The van der Waals surface area contributed by atoms with Gasteiger partial charge in [0.25, 0.3) is 0 Å². The highest BCUT2D eigenvalue weighted by Gasteiger charge is 2.04. The first kappa shape index (κ1) is 16.7. The van der Waals surface area contributed by atoms with Crippen molar-refractivity contribution in [2.45, 2.75) is 57.8 Å². The van der Waals surface area contributed by atoms with Gasteiger partial charge in [0.2, 0.25) is 0 Å². The molecule has 1 heterocycles. The second kappa shape index (κ2) is 9.55. The van der Waals surface area contributed by atoms with Crippen LogP contribution < -0.4 is 0 Å². The molecule has 0 radical (unpaired) electrons. The van der Waals surface area contributed by atoms with Crippen LogP contribution in [0.1, 0.15) is 56.9 Å². The van der Waals surface area contributed by atoms with Gasteiger partial charge in [0.15, 0.2) is 0 Å². The van der Waals surface area contributed by atoms with Crippen LogP contribution >= 0.6 is 11.3 Å². The van der Waals surface area contributed by atoms with Crippen molar-refractivity contribution in [2.75, 3.05) is 27.7 Å². The van der Waals surface area contributed by atoms with Crippen molar-refractivity contribution in [3.63, 3.8) is 0 Å². The van der Waals surface area contributed by atoms with Gasteiger partial charge in [0, 0.05) is 0 Å². The van der Waals surface area contributed by atoms with Crippen molar-refractivity contribution in [3.05, 3.63) is 22.4 Å². The lowest BCUT2D eigenvalue weighted by molar-refractivity contribution is -0.870. The first-order chi connectivity index (χ1) is 9.08. The maximum Gasteiger partial charge on any atom is 0.0780 e. The maximum atomic E-state index is 2.29. The molecule has 1 rings (SSSR count). The highest BCUT2D eigenvalue weighted by molar-refractivity contribution is 7.07. The lowest BCUT2D eigenvalue weighted by Gasteiger charge is -2.23. The molecule has 1 aromatic rings. The van der Waals surface area contributed by atoms with Crippen LogP contribution in [0.25, 0.3) is 0 Å². The molecule has 110 valence electrons. The zero-order valence-electron chi connectivity index (χ0n) is 13.2. The molecule has 1 aromatic heterocycles. The van der Waals surface area contributed by atoms with Crippen LogP contribution in [0.15, 0.2) is 16.8 Å². The van der Waals surface area contributed by atoms with Gasteiger partial charge in [-0.25, -0.2) is 0 Å². The van der Waals surface area contributed by atoms with Crippen molar-refractivity contribution < 1.29 is 4.48 Å². The van der Waals surface area contributed by atoms with Gasteiger partial charge in [-0.1, -0.05) is 32.1 Å². The topological polar surface area (TPSA) is 0 Å². The van der Waals surface area contributed by atoms with E-state index in [1.807, 2.05) is 11.3 Å². The first-order valence-electron chi connectivity index (χ1n) is 7.89. The summed E-state index contributed by atoms with van der Waals surface area (Å²) in [4.78, 5) is 0. The number of quaternary nitrogens is 1. The molecule has 0 saturated heterocycles. The van der Waals surface area contributed by atoms with Crippen molar-refractivity contribution in [1.29, 1.82) is 0 Å². The summed E-state index contributed by atoms with van der Waals surface area (Å²) in [7, 11) is 6.86. The molecule has 0 aliphatic carbocycles.